The molecule has 5 nitrogen and oxygen atoms in total. The van der Waals surface area contributed by atoms with Crippen molar-refractivity contribution in [1.29, 1.82) is 0 Å². The fourth-order valence-electron chi connectivity index (χ4n) is 3.57. The fourth-order valence-corrected chi connectivity index (χ4v) is 4.43. The molecule has 1 aromatic heterocycles. The summed E-state index contributed by atoms with van der Waals surface area (Å²) in [5, 5.41) is 9.23. The van der Waals surface area contributed by atoms with E-state index in [-0.39, 0.29) is 11.9 Å². The largest absolute Gasteiger partial charge is 0.308 e. The molecule has 0 N–H and O–H groups in total. The van der Waals surface area contributed by atoms with Gasteiger partial charge in [-0.15, -0.1) is 10.2 Å². The monoisotopic (exact) mass is 378 g/mol. The summed E-state index contributed by atoms with van der Waals surface area (Å²) in [4.78, 5) is 14.9. The number of fused-ring (bicyclic) bond motifs is 1. The second kappa shape index (κ2) is 7.19. The van der Waals surface area contributed by atoms with Gasteiger partial charge in [0.1, 0.15) is 5.82 Å². The summed E-state index contributed by atoms with van der Waals surface area (Å²) in [6, 6.07) is 16.6. The highest BCUT2D eigenvalue weighted by Crippen LogP contribution is 2.33. The predicted molar refractivity (Wildman–Crippen MR) is 109 cm³/mol. The molecule has 1 atom stereocenters. The van der Waals surface area contributed by atoms with Gasteiger partial charge in [-0.1, -0.05) is 47.7 Å². The first-order valence-corrected chi connectivity index (χ1v) is 10.0. The Labute approximate surface area is 163 Å². The third-order valence-corrected chi connectivity index (χ3v) is 5.80. The minimum atomic E-state index is 0.105. The van der Waals surface area contributed by atoms with Crippen molar-refractivity contribution in [2.45, 2.75) is 38.4 Å². The van der Waals surface area contributed by atoms with Gasteiger partial charge in [-0.05, 0) is 51.0 Å². The molecule has 1 unspecified atom stereocenters. The first-order valence-electron chi connectivity index (χ1n) is 9.06. The minimum absolute atomic E-state index is 0.105. The molecule has 0 aliphatic carbocycles. The lowest BCUT2D eigenvalue weighted by atomic mass is 10.1. The topological polar surface area (TPSA) is 51.0 Å². The zero-order valence-electron chi connectivity index (χ0n) is 15.7. The summed E-state index contributed by atoms with van der Waals surface area (Å²) < 4.78 is 2.00. The molecule has 0 spiro atoms. The van der Waals surface area contributed by atoms with E-state index in [1.54, 1.807) is 0 Å². The molecule has 4 rings (SSSR count). The summed E-state index contributed by atoms with van der Waals surface area (Å²) in [6.45, 7) is 6.09. The Bertz CT molecular complexity index is 980. The number of carbonyl (C=O) groups excluding carboxylic acids is 1. The summed E-state index contributed by atoms with van der Waals surface area (Å²) in [6.07, 6.45) is 0.908. The quantitative estimate of drug-likeness (QED) is 0.645. The number of hydrogen-bond acceptors (Lipinski definition) is 4. The van der Waals surface area contributed by atoms with Crippen LogP contribution >= 0.6 is 11.8 Å². The second-order valence-electron chi connectivity index (χ2n) is 6.94. The third-order valence-electron chi connectivity index (χ3n) is 4.89. The van der Waals surface area contributed by atoms with Crippen molar-refractivity contribution >= 4 is 23.4 Å². The van der Waals surface area contributed by atoms with Crippen LogP contribution in [0.4, 0.5) is 5.69 Å². The van der Waals surface area contributed by atoms with Crippen LogP contribution in [0.25, 0.3) is 5.69 Å². The molecule has 0 fully saturated rings. The van der Waals surface area contributed by atoms with Gasteiger partial charge < -0.3 is 4.90 Å². The lowest BCUT2D eigenvalue weighted by molar-refractivity contribution is -0.116. The normalized spacial score (nSPS) is 15.8. The summed E-state index contributed by atoms with van der Waals surface area (Å²) in [5.41, 5.74) is 4.49. The van der Waals surface area contributed by atoms with Crippen molar-refractivity contribution in [2.24, 2.45) is 0 Å². The molecule has 1 aliphatic heterocycles. The van der Waals surface area contributed by atoms with Gasteiger partial charge in [-0.25, -0.2) is 0 Å². The summed E-state index contributed by atoms with van der Waals surface area (Å²) >= 11 is 1.44. The van der Waals surface area contributed by atoms with Gasteiger partial charge in [0.2, 0.25) is 5.91 Å². The highest BCUT2D eigenvalue weighted by molar-refractivity contribution is 7.99. The van der Waals surface area contributed by atoms with Gasteiger partial charge in [0.25, 0.3) is 0 Å². The number of benzene rings is 2. The van der Waals surface area contributed by atoms with Crippen molar-refractivity contribution in [2.75, 3.05) is 10.7 Å². The number of thioether (sulfide) groups is 1. The van der Waals surface area contributed by atoms with E-state index in [0.29, 0.717) is 5.75 Å². The number of carbonyl (C=O) groups is 1. The Morgan fingerprint density at radius 1 is 1.11 bits per heavy atom. The molecule has 3 aromatic rings. The van der Waals surface area contributed by atoms with E-state index in [4.69, 9.17) is 0 Å². The van der Waals surface area contributed by atoms with Crippen LogP contribution in [0.15, 0.2) is 53.7 Å². The molecule has 1 aliphatic rings. The maximum absolute atomic E-state index is 12.9. The highest BCUT2D eigenvalue weighted by Gasteiger charge is 2.30. The Balaban J connectivity index is 1.53. The van der Waals surface area contributed by atoms with Crippen LogP contribution in [-0.2, 0) is 11.2 Å². The number of para-hydroxylation sites is 1. The second-order valence-corrected chi connectivity index (χ2v) is 7.88. The van der Waals surface area contributed by atoms with Crippen molar-refractivity contribution in [3.05, 3.63) is 65.5 Å². The smallest absolute Gasteiger partial charge is 0.237 e. The van der Waals surface area contributed by atoms with Crippen molar-refractivity contribution in [1.82, 2.24) is 14.8 Å². The van der Waals surface area contributed by atoms with Crippen molar-refractivity contribution in [3.63, 3.8) is 0 Å². The number of anilines is 1. The molecule has 6 heteroatoms. The fraction of sp³-hybridized carbons (Fsp3) is 0.286. The van der Waals surface area contributed by atoms with Gasteiger partial charge >= 0.3 is 0 Å². The molecule has 138 valence electrons. The van der Waals surface area contributed by atoms with Crippen LogP contribution < -0.4 is 4.90 Å². The van der Waals surface area contributed by atoms with E-state index in [0.717, 1.165) is 28.8 Å². The zero-order valence-corrected chi connectivity index (χ0v) is 16.5. The molecule has 1 amide bonds. The number of aryl methyl sites for hydroxylation is 2. The van der Waals surface area contributed by atoms with Crippen molar-refractivity contribution in [3.8, 4) is 5.69 Å². The molecule has 0 radical (unpaired) electrons. The van der Waals surface area contributed by atoms with Crippen LogP contribution in [0, 0.1) is 13.8 Å². The van der Waals surface area contributed by atoms with E-state index >= 15 is 0 Å². The predicted octanol–water partition coefficient (Wildman–Crippen LogP) is 3.95. The first kappa shape index (κ1) is 17.8. The van der Waals surface area contributed by atoms with Gasteiger partial charge in [-0.3, -0.25) is 9.36 Å². The van der Waals surface area contributed by atoms with Gasteiger partial charge in [0.05, 0.1) is 5.75 Å². The van der Waals surface area contributed by atoms with Crippen molar-refractivity contribution < 1.29 is 4.79 Å². The maximum Gasteiger partial charge on any atom is 0.237 e. The molecule has 0 saturated heterocycles. The van der Waals surface area contributed by atoms with Gasteiger partial charge in [-0.2, -0.15) is 0 Å². The molecular weight excluding hydrogens is 356 g/mol. The lowest BCUT2D eigenvalue weighted by Gasteiger charge is -2.22. The summed E-state index contributed by atoms with van der Waals surface area (Å²) in [5.74, 6) is 1.25. The SMILES string of the molecule is Cc1ccc(-n2c(C)nnc2SCC(=O)N2c3ccccc3CC2C)cc1. The standard InChI is InChI=1S/C21H22N4OS/c1-14-8-10-18(11-9-14)25-16(3)22-23-21(25)27-13-20(26)24-15(2)12-17-6-4-5-7-19(17)24/h4-11,15H,12-13H2,1-3H3. The number of hydrogen-bond donors (Lipinski definition) is 0. The van der Waals surface area contributed by atoms with E-state index in [1.165, 1.54) is 22.9 Å². The van der Waals surface area contributed by atoms with Crippen LogP contribution in [-0.4, -0.2) is 32.5 Å². The molecule has 27 heavy (non-hydrogen) atoms. The molecule has 2 heterocycles. The van der Waals surface area contributed by atoms with E-state index in [2.05, 4.69) is 54.4 Å². The van der Waals surface area contributed by atoms with Crippen LogP contribution in [0.3, 0.4) is 0 Å². The average molecular weight is 379 g/mol. The Morgan fingerprint density at radius 3 is 2.63 bits per heavy atom. The van der Waals surface area contributed by atoms with Crippen LogP contribution in [0.2, 0.25) is 0 Å². The highest BCUT2D eigenvalue weighted by atomic mass is 32.2. The molecular formula is C21H22N4OS. The first-order chi connectivity index (χ1) is 13.0. The molecule has 2 aromatic carbocycles. The Hall–Kier alpha value is -2.60. The van der Waals surface area contributed by atoms with Gasteiger partial charge in [0.15, 0.2) is 5.16 Å². The Kier molecular flexibility index (Phi) is 4.74. The molecule has 0 saturated carbocycles. The maximum atomic E-state index is 12.9. The average Bonchev–Trinajstić information content (AvgIpc) is 3.19. The number of amides is 1. The summed E-state index contributed by atoms with van der Waals surface area (Å²) in [7, 11) is 0. The van der Waals surface area contributed by atoms with E-state index in [9.17, 15) is 4.79 Å². The minimum Gasteiger partial charge on any atom is -0.308 e. The zero-order chi connectivity index (χ0) is 19.0. The third kappa shape index (κ3) is 3.37. The number of aromatic nitrogens is 3. The Morgan fingerprint density at radius 2 is 1.85 bits per heavy atom. The molecule has 0 bridgehead atoms. The van der Waals surface area contributed by atoms with E-state index in [1.807, 2.05) is 34.6 Å². The van der Waals surface area contributed by atoms with Crippen LogP contribution in [0.5, 0.6) is 0 Å². The lowest BCUT2D eigenvalue weighted by Crippen LogP contribution is -2.37. The van der Waals surface area contributed by atoms with Gasteiger partial charge in [0, 0.05) is 17.4 Å². The van der Waals surface area contributed by atoms with Crippen LogP contribution in [0.1, 0.15) is 23.9 Å². The number of rotatable bonds is 4. The number of nitrogens with zero attached hydrogens (tertiary/aromatic N) is 4. The van der Waals surface area contributed by atoms with E-state index < -0.39 is 0 Å².